The smallest absolute Gasteiger partial charge is 0.241 e. The van der Waals surface area contributed by atoms with E-state index in [2.05, 4.69) is 41.5 Å². The lowest BCUT2D eigenvalue weighted by Crippen LogP contribution is -2.43. The minimum atomic E-state index is -0.198. The molecule has 1 unspecified atom stereocenters. The maximum absolute atomic E-state index is 12.4. The summed E-state index contributed by atoms with van der Waals surface area (Å²) in [6.07, 6.45) is 2.15. The van der Waals surface area contributed by atoms with E-state index in [0.29, 0.717) is 6.54 Å². The van der Waals surface area contributed by atoms with Crippen LogP contribution in [0.2, 0.25) is 0 Å². The summed E-state index contributed by atoms with van der Waals surface area (Å²) in [6.45, 7) is 8.98. The molecule has 0 saturated heterocycles. The first-order valence-corrected chi connectivity index (χ1v) is 8.07. The number of benzene rings is 1. The molecule has 1 aliphatic rings. The monoisotopic (exact) mass is 289 g/mol. The summed E-state index contributed by atoms with van der Waals surface area (Å²) in [5, 5.41) is 6.40. The zero-order valence-electron chi connectivity index (χ0n) is 13.2. The lowest BCUT2D eigenvalue weighted by Gasteiger charge is -2.26. The second kappa shape index (κ2) is 8.15. The molecule has 1 atom stereocenters. The minimum Gasteiger partial charge on any atom is -0.353 e. The van der Waals surface area contributed by atoms with Gasteiger partial charge in [-0.25, -0.2) is 0 Å². The van der Waals surface area contributed by atoms with Gasteiger partial charge in [-0.1, -0.05) is 38.1 Å². The topological polar surface area (TPSA) is 44.4 Å². The Labute approximate surface area is 127 Å². The van der Waals surface area contributed by atoms with Crippen LogP contribution in [0.25, 0.3) is 0 Å². The fraction of sp³-hybridized carbons (Fsp3) is 0.588. The fourth-order valence-electron chi connectivity index (χ4n) is 2.92. The molecule has 0 bridgehead atoms. The van der Waals surface area contributed by atoms with E-state index in [-0.39, 0.29) is 11.9 Å². The minimum absolute atomic E-state index is 0.0923. The highest BCUT2D eigenvalue weighted by Crippen LogP contribution is 2.22. The van der Waals surface area contributed by atoms with Crippen LogP contribution in [0.15, 0.2) is 24.3 Å². The van der Waals surface area contributed by atoms with Gasteiger partial charge in [-0.15, -0.1) is 0 Å². The van der Waals surface area contributed by atoms with E-state index in [9.17, 15) is 4.79 Å². The van der Waals surface area contributed by atoms with Gasteiger partial charge in [-0.2, -0.15) is 0 Å². The van der Waals surface area contributed by atoms with E-state index in [1.807, 2.05) is 12.1 Å². The van der Waals surface area contributed by atoms with Crippen LogP contribution in [0.3, 0.4) is 0 Å². The number of hydrogen-bond acceptors (Lipinski definition) is 3. The Balaban J connectivity index is 1.87. The molecule has 21 heavy (non-hydrogen) atoms. The van der Waals surface area contributed by atoms with Crippen molar-refractivity contribution < 1.29 is 4.79 Å². The number of fused-ring (bicyclic) bond motifs is 1. The van der Waals surface area contributed by atoms with Gasteiger partial charge in [0.05, 0.1) is 0 Å². The summed E-state index contributed by atoms with van der Waals surface area (Å²) in [5.74, 6) is 0.0923. The molecular weight excluding hydrogens is 262 g/mol. The van der Waals surface area contributed by atoms with Crippen molar-refractivity contribution in [3.63, 3.8) is 0 Å². The van der Waals surface area contributed by atoms with E-state index in [0.717, 1.165) is 44.6 Å². The first-order chi connectivity index (χ1) is 10.3. The SMILES string of the molecule is CCCN(CC)CCNC(=O)C1NCCc2ccccc21. The third-order valence-corrected chi connectivity index (χ3v) is 4.09. The average Bonchev–Trinajstić information content (AvgIpc) is 2.53. The third-order valence-electron chi connectivity index (χ3n) is 4.09. The van der Waals surface area contributed by atoms with Crippen LogP contribution in [0, 0.1) is 0 Å². The quantitative estimate of drug-likeness (QED) is 0.803. The van der Waals surface area contributed by atoms with E-state index < -0.39 is 0 Å². The van der Waals surface area contributed by atoms with Crippen LogP contribution in [-0.2, 0) is 11.2 Å². The van der Waals surface area contributed by atoms with Crippen LogP contribution in [0.4, 0.5) is 0 Å². The standard InChI is InChI=1S/C17H27N3O/c1-3-12-20(4-2)13-11-19-17(21)16-15-8-6-5-7-14(15)9-10-18-16/h5-8,16,18H,3-4,9-13H2,1-2H3,(H,19,21). The van der Waals surface area contributed by atoms with Gasteiger partial charge in [0.2, 0.25) is 5.91 Å². The zero-order chi connectivity index (χ0) is 15.1. The molecule has 1 amide bonds. The molecule has 116 valence electrons. The van der Waals surface area contributed by atoms with E-state index in [1.165, 1.54) is 5.56 Å². The Morgan fingerprint density at radius 3 is 2.90 bits per heavy atom. The van der Waals surface area contributed by atoms with Crippen LogP contribution < -0.4 is 10.6 Å². The first-order valence-electron chi connectivity index (χ1n) is 8.07. The molecule has 2 rings (SSSR count). The van der Waals surface area contributed by atoms with Crippen LogP contribution in [0.5, 0.6) is 0 Å². The number of nitrogens with zero attached hydrogens (tertiary/aromatic N) is 1. The number of rotatable bonds is 7. The molecule has 0 aliphatic carbocycles. The predicted molar refractivity (Wildman–Crippen MR) is 86.3 cm³/mol. The summed E-state index contributed by atoms with van der Waals surface area (Å²) in [7, 11) is 0. The second-order valence-electron chi connectivity index (χ2n) is 5.56. The fourth-order valence-corrected chi connectivity index (χ4v) is 2.92. The highest BCUT2D eigenvalue weighted by molar-refractivity contribution is 5.83. The summed E-state index contributed by atoms with van der Waals surface area (Å²) >= 11 is 0. The van der Waals surface area contributed by atoms with Crippen molar-refractivity contribution in [3.05, 3.63) is 35.4 Å². The highest BCUT2D eigenvalue weighted by atomic mass is 16.2. The van der Waals surface area contributed by atoms with Crippen LogP contribution >= 0.6 is 0 Å². The molecule has 1 aromatic rings. The van der Waals surface area contributed by atoms with Crippen molar-refractivity contribution in [2.75, 3.05) is 32.7 Å². The largest absolute Gasteiger partial charge is 0.353 e. The Bertz CT molecular complexity index is 461. The van der Waals surface area contributed by atoms with E-state index >= 15 is 0 Å². The van der Waals surface area contributed by atoms with Crippen LogP contribution in [0.1, 0.15) is 37.4 Å². The van der Waals surface area contributed by atoms with Crippen molar-refractivity contribution in [2.24, 2.45) is 0 Å². The van der Waals surface area contributed by atoms with Gasteiger partial charge in [0.15, 0.2) is 0 Å². The Morgan fingerprint density at radius 2 is 2.14 bits per heavy atom. The van der Waals surface area contributed by atoms with E-state index in [1.54, 1.807) is 0 Å². The van der Waals surface area contributed by atoms with Gasteiger partial charge in [-0.05, 0) is 37.1 Å². The van der Waals surface area contributed by atoms with Crippen molar-refractivity contribution in [1.82, 2.24) is 15.5 Å². The Hall–Kier alpha value is -1.39. The molecule has 0 fully saturated rings. The number of likely N-dealkylation sites (N-methyl/N-ethyl adjacent to an activating group) is 1. The number of nitrogens with one attached hydrogen (secondary N) is 2. The molecule has 0 radical (unpaired) electrons. The molecule has 1 heterocycles. The van der Waals surface area contributed by atoms with Crippen LogP contribution in [-0.4, -0.2) is 43.5 Å². The summed E-state index contributed by atoms with van der Waals surface area (Å²) in [5.41, 5.74) is 2.42. The highest BCUT2D eigenvalue weighted by Gasteiger charge is 2.25. The molecular formula is C17H27N3O. The van der Waals surface area contributed by atoms with Gasteiger partial charge in [0.25, 0.3) is 0 Å². The Kier molecular flexibility index (Phi) is 6.21. The Morgan fingerprint density at radius 1 is 1.33 bits per heavy atom. The third kappa shape index (κ3) is 4.29. The summed E-state index contributed by atoms with van der Waals surface area (Å²) in [4.78, 5) is 14.8. The molecule has 0 spiro atoms. The molecule has 4 heteroatoms. The molecule has 0 aromatic heterocycles. The maximum Gasteiger partial charge on any atom is 0.241 e. The molecule has 4 nitrogen and oxygen atoms in total. The van der Waals surface area contributed by atoms with Gasteiger partial charge in [-0.3, -0.25) is 4.79 Å². The molecule has 1 aromatic carbocycles. The lowest BCUT2D eigenvalue weighted by atomic mass is 9.94. The van der Waals surface area contributed by atoms with E-state index in [4.69, 9.17) is 0 Å². The van der Waals surface area contributed by atoms with Gasteiger partial charge in [0.1, 0.15) is 6.04 Å². The van der Waals surface area contributed by atoms with Crippen molar-refractivity contribution >= 4 is 5.91 Å². The van der Waals surface area contributed by atoms with Gasteiger partial charge >= 0.3 is 0 Å². The first kappa shape index (κ1) is 16.0. The predicted octanol–water partition coefficient (Wildman–Crippen LogP) is 1.72. The maximum atomic E-state index is 12.4. The van der Waals surface area contributed by atoms with Crippen molar-refractivity contribution in [2.45, 2.75) is 32.7 Å². The van der Waals surface area contributed by atoms with Gasteiger partial charge in [0, 0.05) is 19.6 Å². The number of carbonyl (C=O) groups is 1. The molecule has 2 N–H and O–H groups in total. The average molecular weight is 289 g/mol. The lowest BCUT2D eigenvalue weighted by molar-refractivity contribution is -0.123. The number of amides is 1. The molecule has 1 aliphatic heterocycles. The van der Waals surface area contributed by atoms with Gasteiger partial charge < -0.3 is 15.5 Å². The van der Waals surface area contributed by atoms with Crippen molar-refractivity contribution in [3.8, 4) is 0 Å². The normalized spacial score (nSPS) is 17.6. The summed E-state index contributed by atoms with van der Waals surface area (Å²) in [6, 6.07) is 8.03. The zero-order valence-corrected chi connectivity index (χ0v) is 13.2. The number of hydrogen-bond donors (Lipinski definition) is 2. The van der Waals surface area contributed by atoms with Crippen molar-refractivity contribution in [1.29, 1.82) is 0 Å². The number of carbonyl (C=O) groups excluding carboxylic acids is 1. The summed E-state index contributed by atoms with van der Waals surface area (Å²) < 4.78 is 0. The molecule has 0 saturated carbocycles. The second-order valence-corrected chi connectivity index (χ2v) is 5.56.